The number of hydrogen-bond acceptors (Lipinski definition) is 2. The molecule has 0 unspecified atom stereocenters. The van der Waals surface area contributed by atoms with Crippen LogP contribution in [-0.2, 0) is 9.53 Å². The van der Waals surface area contributed by atoms with E-state index in [1.165, 1.54) is 20.0 Å². The molecule has 0 saturated heterocycles. The molecule has 0 aromatic heterocycles. The lowest BCUT2D eigenvalue weighted by atomic mass is 9.91. The van der Waals surface area contributed by atoms with Crippen molar-refractivity contribution in [2.45, 2.75) is 53.9 Å². The van der Waals surface area contributed by atoms with Crippen molar-refractivity contribution in [2.75, 3.05) is 7.11 Å². The maximum absolute atomic E-state index is 10.8. The topological polar surface area (TPSA) is 26.3 Å². The third kappa shape index (κ3) is 7.82. The Morgan fingerprint density at radius 3 is 1.62 bits per heavy atom. The van der Waals surface area contributed by atoms with Gasteiger partial charge in [-0.2, -0.15) is 0 Å². The van der Waals surface area contributed by atoms with Gasteiger partial charge in [0.15, 0.2) is 0 Å². The number of carbonyl (C=O) groups excluding carboxylic acids is 1. The van der Waals surface area contributed by atoms with Crippen LogP contribution in [-0.4, -0.2) is 13.1 Å². The fourth-order valence-corrected chi connectivity index (χ4v) is 0.421. The van der Waals surface area contributed by atoms with Crippen LogP contribution in [0.25, 0.3) is 0 Å². The van der Waals surface area contributed by atoms with Crippen LogP contribution in [0.15, 0.2) is 0 Å². The summed E-state index contributed by atoms with van der Waals surface area (Å²) in [4.78, 5) is 10.8. The maximum atomic E-state index is 10.8. The molecule has 0 aliphatic carbocycles. The zero-order chi connectivity index (χ0) is 10.9. The Balaban J connectivity index is 0. The van der Waals surface area contributed by atoms with Crippen molar-refractivity contribution >= 4 is 5.97 Å². The average Bonchev–Trinajstić information content (AvgIpc) is 2.16. The summed E-state index contributed by atoms with van der Waals surface area (Å²) in [7, 11) is 1.42. The summed E-state index contributed by atoms with van der Waals surface area (Å²) in [6.45, 7) is 10.1. The van der Waals surface area contributed by atoms with Gasteiger partial charge in [-0.3, -0.25) is 4.79 Å². The van der Waals surface area contributed by atoms with E-state index in [2.05, 4.69) is 18.6 Å². The molecule has 0 amide bonds. The second-order valence-corrected chi connectivity index (χ2v) is 3.73. The van der Waals surface area contributed by atoms with Crippen molar-refractivity contribution < 1.29 is 9.53 Å². The van der Waals surface area contributed by atoms with Crippen LogP contribution in [0.4, 0.5) is 0 Å². The van der Waals surface area contributed by atoms with E-state index in [-0.39, 0.29) is 11.4 Å². The highest BCUT2D eigenvalue weighted by atomic mass is 16.5. The molecule has 13 heavy (non-hydrogen) atoms. The molecule has 2 nitrogen and oxygen atoms in total. The predicted molar refractivity (Wildman–Crippen MR) is 56.7 cm³/mol. The van der Waals surface area contributed by atoms with Crippen molar-refractivity contribution in [1.82, 2.24) is 0 Å². The molecule has 0 aliphatic heterocycles. The Bertz CT molecular complexity index is 126. The highest BCUT2D eigenvalue weighted by Gasteiger charge is 2.25. The quantitative estimate of drug-likeness (QED) is 0.634. The smallest absolute Gasteiger partial charge is 0.311 e. The fourth-order valence-electron chi connectivity index (χ4n) is 0.421. The zero-order valence-corrected chi connectivity index (χ0v) is 9.94. The Hall–Kier alpha value is -0.530. The van der Waals surface area contributed by atoms with Gasteiger partial charge in [-0.25, -0.2) is 0 Å². The van der Waals surface area contributed by atoms with Crippen LogP contribution in [0.1, 0.15) is 53.9 Å². The lowest BCUT2D eigenvalue weighted by Gasteiger charge is -2.17. The minimum atomic E-state index is -0.311. The lowest BCUT2D eigenvalue weighted by molar-refractivity contribution is -0.150. The summed E-state index contributed by atoms with van der Waals surface area (Å²) >= 11 is 0. The number of methoxy groups -OCH3 is 1. The minimum Gasteiger partial charge on any atom is -0.469 e. The van der Waals surface area contributed by atoms with Crippen LogP contribution in [0.3, 0.4) is 0 Å². The highest BCUT2D eigenvalue weighted by Crippen LogP contribution is 2.20. The molecule has 0 aliphatic rings. The van der Waals surface area contributed by atoms with Crippen LogP contribution in [0, 0.1) is 5.41 Å². The summed E-state index contributed by atoms with van der Waals surface area (Å²) in [5.74, 6) is -0.134. The van der Waals surface area contributed by atoms with Crippen LogP contribution in [0.5, 0.6) is 0 Å². The molecule has 0 N–H and O–H groups in total. The summed E-state index contributed by atoms with van der Waals surface area (Å²) in [6, 6.07) is 0. The van der Waals surface area contributed by atoms with Crippen LogP contribution < -0.4 is 0 Å². The molecule has 0 heterocycles. The number of hydrogen-bond donors (Lipinski definition) is 0. The van der Waals surface area contributed by atoms with E-state index in [0.29, 0.717) is 0 Å². The van der Waals surface area contributed by atoms with Crippen molar-refractivity contribution in [3.05, 3.63) is 0 Å². The van der Waals surface area contributed by atoms with E-state index >= 15 is 0 Å². The van der Waals surface area contributed by atoms with Crippen LogP contribution in [0.2, 0.25) is 0 Å². The van der Waals surface area contributed by atoms with Gasteiger partial charge in [-0.05, 0) is 20.3 Å². The lowest BCUT2D eigenvalue weighted by Crippen LogP contribution is -2.24. The summed E-state index contributed by atoms with van der Waals surface area (Å²) in [6.07, 6.45) is 3.46. The minimum absolute atomic E-state index is 0.134. The third-order valence-electron chi connectivity index (χ3n) is 2.12. The van der Waals surface area contributed by atoms with E-state index in [0.717, 1.165) is 6.42 Å². The molecule has 0 bridgehead atoms. The number of unbranched alkanes of at least 4 members (excludes halogenated alkanes) is 1. The van der Waals surface area contributed by atoms with Gasteiger partial charge in [0.25, 0.3) is 0 Å². The Labute approximate surface area is 82.7 Å². The second-order valence-electron chi connectivity index (χ2n) is 3.73. The van der Waals surface area contributed by atoms with Gasteiger partial charge in [0.05, 0.1) is 12.5 Å². The van der Waals surface area contributed by atoms with Crippen LogP contribution >= 0.6 is 0 Å². The van der Waals surface area contributed by atoms with Gasteiger partial charge >= 0.3 is 5.97 Å². The first-order chi connectivity index (χ1) is 5.96. The standard InChI is InChI=1S/C7H14O2.C4H10/c1-5-7(2,3)6(8)9-4;1-3-4-2/h5H2,1-4H3;3-4H2,1-2H3. The monoisotopic (exact) mass is 188 g/mol. The molecular formula is C11H24O2. The average molecular weight is 188 g/mol. The third-order valence-corrected chi connectivity index (χ3v) is 2.12. The largest absolute Gasteiger partial charge is 0.469 e. The maximum Gasteiger partial charge on any atom is 0.311 e. The first kappa shape index (κ1) is 15.0. The Morgan fingerprint density at radius 2 is 1.54 bits per heavy atom. The molecular weight excluding hydrogens is 164 g/mol. The van der Waals surface area contributed by atoms with Gasteiger partial charge in [0, 0.05) is 0 Å². The normalized spacial score (nSPS) is 10.0. The predicted octanol–water partition coefficient (Wildman–Crippen LogP) is 3.40. The second kappa shape index (κ2) is 8.09. The van der Waals surface area contributed by atoms with Crippen molar-refractivity contribution in [3.63, 3.8) is 0 Å². The van der Waals surface area contributed by atoms with Gasteiger partial charge in [0.1, 0.15) is 0 Å². The first-order valence-electron chi connectivity index (χ1n) is 5.04. The van der Waals surface area contributed by atoms with Crippen molar-refractivity contribution in [1.29, 1.82) is 0 Å². The number of ether oxygens (including phenoxy) is 1. The molecule has 0 spiro atoms. The van der Waals surface area contributed by atoms with Gasteiger partial charge in [-0.15, -0.1) is 0 Å². The van der Waals surface area contributed by atoms with Crippen molar-refractivity contribution in [3.8, 4) is 0 Å². The molecule has 0 rings (SSSR count). The molecule has 2 heteroatoms. The fraction of sp³-hybridized carbons (Fsp3) is 0.909. The number of esters is 1. The molecule has 0 saturated carbocycles. The SMILES string of the molecule is CCC(C)(C)C(=O)OC.CCCC. The van der Waals surface area contributed by atoms with Gasteiger partial charge < -0.3 is 4.74 Å². The van der Waals surface area contributed by atoms with Gasteiger partial charge in [-0.1, -0.05) is 33.6 Å². The molecule has 0 aromatic rings. The Kier molecular flexibility index (Phi) is 9.31. The molecule has 0 atom stereocenters. The molecule has 0 radical (unpaired) electrons. The zero-order valence-electron chi connectivity index (χ0n) is 9.94. The Morgan fingerprint density at radius 1 is 1.15 bits per heavy atom. The summed E-state index contributed by atoms with van der Waals surface area (Å²) in [5.41, 5.74) is -0.311. The van der Waals surface area contributed by atoms with Crippen molar-refractivity contribution in [2.24, 2.45) is 5.41 Å². The highest BCUT2D eigenvalue weighted by molar-refractivity contribution is 5.75. The molecule has 80 valence electrons. The van der Waals surface area contributed by atoms with E-state index < -0.39 is 0 Å². The van der Waals surface area contributed by atoms with E-state index in [9.17, 15) is 4.79 Å². The van der Waals surface area contributed by atoms with E-state index in [1.807, 2.05) is 20.8 Å². The summed E-state index contributed by atoms with van der Waals surface area (Å²) in [5, 5.41) is 0. The number of rotatable bonds is 3. The summed E-state index contributed by atoms with van der Waals surface area (Å²) < 4.78 is 4.57. The van der Waals surface area contributed by atoms with E-state index in [4.69, 9.17) is 0 Å². The van der Waals surface area contributed by atoms with Gasteiger partial charge in [0.2, 0.25) is 0 Å². The molecule has 0 fully saturated rings. The number of carbonyl (C=O) groups is 1. The first-order valence-corrected chi connectivity index (χ1v) is 5.04. The van der Waals surface area contributed by atoms with E-state index in [1.54, 1.807) is 0 Å². The molecule has 0 aromatic carbocycles.